The fraction of sp³-hybridized carbons (Fsp3) is 0.846. The normalized spacial score (nSPS) is 25.8. The Morgan fingerprint density at radius 2 is 2.24 bits per heavy atom. The van der Waals surface area contributed by atoms with Crippen molar-refractivity contribution in [3.63, 3.8) is 0 Å². The Labute approximate surface area is 104 Å². The highest BCUT2D eigenvalue weighted by atomic mass is 15.4. The molecule has 0 bridgehead atoms. The number of hydrogen-bond acceptors (Lipinski definition) is 3. The first-order valence-corrected chi connectivity index (χ1v) is 6.96. The summed E-state index contributed by atoms with van der Waals surface area (Å²) in [7, 11) is 0. The number of nitrogens with one attached hydrogen (secondary N) is 1. The van der Waals surface area contributed by atoms with E-state index in [-0.39, 0.29) is 5.54 Å². The third-order valence-electron chi connectivity index (χ3n) is 3.83. The van der Waals surface area contributed by atoms with Crippen molar-refractivity contribution in [2.75, 3.05) is 6.54 Å². The molecular formula is C13H24N4. The molecule has 0 aliphatic carbocycles. The molecule has 0 saturated carbocycles. The van der Waals surface area contributed by atoms with Gasteiger partial charge in [0.15, 0.2) is 0 Å². The molecule has 1 aromatic heterocycles. The van der Waals surface area contributed by atoms with Crippen LogP contribution in [0.25, 0.3) is 0 Å². The molecule has 1 saturated heterocycles. The second kappa shape index (κ2) is 5.63. The molecule has 4 heteroatoms. The second-order valence-electron chi connectivity index (χ2n) is 5.00. The molecule has 0 spiro atoms. The highest BCUT2D eigenvalue weighted by Crippen LogP contribution is 2.33. The van der Waals surface area contributed by atoms with Crippen LogP contribution in [-0.2, 0) is 12.1 Å². The lowest BCUT2D eigenvalue weighted by atomic mass is 9.85. The molecule has 1 N–H and O–H groups in total. The largest absolute Gasteiger partial charge is 0.306 e. The van der Waals surface area contributed by atoms with E-state index in [1.165, 1.54) is 44.2 Å². The average molecular weight is 236 g/mol. The summed E-state index contributed by atoms with van der Waals surface area (Å²) < 4.78 is 2.05. The quantitative estimate of drug-likeness (QED) is 0.873. The number of rotatable bonds is 4. The van der Waals surface area contributed by atoms with Gasteiger partial charge in [-0.2, -0.15) is 0 Å². The molecule has 1 aliphatic heterocycles. The summed E-state index contributed by atoms with van der Waals surface area (Å²) >= 11 is 0. The van der Waals surface area contributed by atoms with Crippen LogP contribution in [0.1, 0.15) is 58.1 Å². The lowest BCUT2D eigenvalue weighted by Gasteiger charge is -2.33. The van der Waals surface area contributed by atoms with Gasteiger partial charge < -0.3 is 5.32 Å². The van der Waals surface area contributed by atoms with Gasteiger partial charge in [-0.25, -0.2) is 4.68 Å². The zero-order valence-corrected chi connectivity index (χ0v) is 11.1. The standard InChI is InChI=1S/C13H24N4/c1-3-8-13(9-6-5-7-10-14-13)12-11-15-16-17(12)4-2/h11,14H,3-10H2,1-2H3. The third kappa shape index (κ3) is 2.51. The minimum absolute atomic E-state index is 0.116. The van der Waals surface area contributed by atoms with Gasteiger partial charge in [0.1, 0.15) is 0 Å². The van der Waals surface area contributed by atoms with Crippen molar-refractivity contribution >= 4 is 0 Å². The molecule has 0 aromatic carbocycles. The van der Waals surface area contributed by atoms with Gasteiger partial charge in [-0.05, 0) is 32.7 Å². The molecular weight excluding hydrogens is 212 g/mol. The van der Waals surface area contributed by atoms with Crippen LogP contribution in [0.2, 0.25) is 0 Å². The number of hydrogen-bond donors (Lipinski definition) is 1. The van der Waals surface area contributed by atoms with E-state index in [9.17, 15) is 0 Å². The molecule has 1 atom stereocenters. The lowest BCUT2D eigenvalue weighted by molar-refractivity contribution is 0.274. The fourth-order valence-electron chi connectivity index (χ4n) is 2.99. The molecule has 2 heterocycles. The summed E-state index contributed by atoms with van der Waals surface area (Å²) in [5.74, 6) is 0. The zero-order valence-electron chi connectivity index (χ0n) is 11.1. The first-order valence-electron chi connectivity index (χ1n) is 6.96. The topological polar surface area (TPSA) is 42.7 Å². The van der Waals surface area contributed by atoms with Crippen molar-refractivity contribution in [1.82, 2.24) is 20.3 Å². The monoisotopic (exact) mass is 236 g/mol. The number of aromatic nitrogens is 3. The van der Waals surface area contributed by atoms with Crippen LogP contribution in [0.4, 0.5) is 0 Å². The predicted molar refractivity (Wildman–Crippen MR) is 68.8 cm³/mol. The van der Waals surface area contributed by atoms with Crippen LogP contribution >= 0.6 is 0 Å². The van der Waals surface area contributed by atoms with Crippen molar-refractivity contribution in [3.05, 3.63) is 11.9 Å². The smallest absolute Gasteiger partial charge is 0.0787 e. The van der Waals surface area contributed by atoms with E-state index < -0.39 is 0 Å². The van der Waals surface area contributed by atoms with E-state index in [2.05, 4.69) is 29.5 Å². The van der Waals surface area contributed by atoms with Gasteiger partial charge in [-0.15, -0.1) is 5.10 Å². The maximum absolute atomic E-state index is 4.19. The first kappa shape index (κ1) is 12.6. The molecule has 0 radical (unpaired) electrons. The SMILES string of the molecule is CCCC1(c2cnnn2CC)CCCCCN1. The van der Waals surface area contributed by atoms with Gasteiger partial charge in [0.2, 0.25) is 0 Å². The van der Waals surface area contributed by atoms with Crippen LogP contribution in [0.15, 0.2) is 6.20 Å². The van der Waals surface area contributed by atoms with Crippen molar-refractivity contribution in [2.24, 2.45) is 0 Å². The van der Waals surface area contributed by atoms with Gasteiger partial charge in [0, 0.05) is 6.54 Å². The first-order chi connectivity index (χ1) is 8.32. The summed E-state index contributed by atoms with van der Waals surface area (Å²) in [6.07, 6.45) is 9.49. The van der Waals surface area contributed by atoms with E-state index in [1.54, 1.807) is 0 Å². The third-order valence-corrected chi connectivity index (χ3v) is 3.83. The van der Waals surface area contributed by atoms with Crippen molar-refractivity contribution in [3.8, 4) is 0 Å². The second-order valence-corrected chi connectivity index (χ2v) is 5.00. The van der Waals surface area contributed by atoms with Crippen molar-refractivity contribution < 1.29 is 0 Å². The molecule has 1 aliphatic rings. The molecule has 2 rings (SSSR count). The van der Waals surface area contributed by atoms with E-state index >= 15 is 0 Å². The fourth-order valence-corrected chi connectivity index (χ4v) is 2.99. The Hall–Kier alpha value is -0.900. The van der Waals surface area contributed by atoms with Crippen molar-refractivity contribution in [2.45, 2.75) is 64.5 Å². The van der Waals surface area contributed by atoms with Gasteiger partial charge >= 0.3 is 0 Å². The lowest BCUT2D eigenvalue weighted by Crippen LogP contribution is -2.43. The Bertz CT molecular complexity index is 337. The van der Waals surface area contributed by atoms with Crippen LogP contribution in [0, 0.1) is 0 Å². The Morgan fingerprint density at radius 1 is 1.35 bits per heavy atom. The van der Waals surface area contributed by atoms with Gasteiger partial charge in [0.05, 0.1) is 17.4 Å². The molecule has 1 aromatic rings. The Balaban J connectivity index is 2.31. The van der Waals surface area contributed by atoms with E-state index in [0.29, 0.717) is 0 Å². The van der Waals surface area contributed by atoms with Gasteiger partial charge in [0.25, 0.3) is 0 Å². The zero-order chi connectivity index (χ0) is 12.1. The van der Waals surface area contributed by atoms with E-state index in [4.69, 9.17) is 0 Å². The Morgan fingerprint density at radius 3 is 3.00 bits per heavy atom. The van der Waals surface area contributed by atoms with Gasteiger partial charge in [-0.1, -0.05) is 31.4 Å². The van der Waals surface area contributed by atoms with Crippen LogP contribution < -0.4 is 5.32 Å². The molecule has 1 unspecified atom stereocenters. The van der Waals surface area contributed by atoms with E-state index in [1.807, 2.05) is 10.9 Å². The summed E-state index contributed by atoms with van der Waals surface area (Å²) in [6.45, 7) is 6.42. The minimum Gasteiger partial charge on any atom is -0.306 e. The summed E-state index contributed by atoms with van der Waals surface area (Å²) in [6, 6.07) is 0. The highest BCUT2D eigenvalue weighted by Gasteiger charge is 2.34. The molecule has 17 heavy (non-hydrogen) atoms. The maximum atomic E-state index is 4.19. The molecule has 0 amide bonds. The van der Waals surface area contributed by atoms with E-state index in [0.717, 1.165) is 13.1 Å². The number of aryl methyl sites for hydroxylation is 1. The summed E-state index contributed by atoms with van der Waals surface area (Å²) in [5.41, 5.74) is 1.40. The molecule has 4 nitrogen and oxygen atoms in total. The Kier molecular flexibility index (Phi) is 4.15. The van der Waals surface area contributed by atoms with Crippen molar-refractivity contribution in [1.29, 1.82) is 0 Å². The molecule has 96 valence electrons. The predicted octanol–water partition coefficient (Wildman–Crippen LogP) is 2.46. The average Bonchev–Trinajstić information content (AvgIpc) is 2.71. The minimum atomic E-state index is 0.116. The maximum Gasteiger partial charge on any atom is 0.0787 e. The van der Waals surface area contributed by atoms with Crippen LogP contribution in [0.3, 0.4) is 0 Å². The number of nitrogens with zero attached hydrogens (tertiary/aromatic N) is 3. The van der Waals surface area contributed by atoms with Crippen LogP contribution in [0.5, 0.6) is 0 Å². The van der Waals surface area contributed by atoms with Gasteiger partial charge in [-0.3, -0.25) is 0 Å². The summed E-state index contributed by atoms with van der Waals surface area (Å²) in [5, 5.41) is 12.1. The van der Waals surface area contributed by atoms with Crippen LogP contribution in [-0.4, -0.2) is 21.5 Å². The molecule has 1 fully saturated rings. The summed E-state index contributed by atoms with van der Waals surface area (Å²) in [4.78, 5) is 0. The highest BCUT2D eigenvalue weighted by molar-refractivity contribution is 5.13.